The predicted molar refractivity (Wildman–Crippen MR) is 112 cm³/mol. The summed E-state index contributed by atoms with van der Waals surface area (Å²) in [6, 6.07) is 12.6. The lowest BCUT2D eigenvalue weighted by atomic mass is 9.94. The maximum absolute atomic E-state index is 13.1. The van der Waals surface area contributed by atoms with Crippen LogP contribution in [0.1, 0.15) is 30.6 Å². The molecule has 0 amide bonds. The molecule has 4 rings (SSSR count). The minimum Gasteiger partial charge on any atom is -0.423 e. The SMILES string of the molecule is CC1CC(C)CN(S(=O)(=O)c2cccc(C(=O)Oc3ccc(-n4cnnn4)cc3)c2)C1. The van der Waals surface area contributed by atoms with Crippen LogP contribution in [0.15, 0.2) is 59.8 Å². The monoisotopic (exact) mass is 441 g/mol. The summed E-state index contributed by atoms with van der Waals surface area (Å²) in [5.74, 6) is 0.285. The van der Waals surface area contributed by atoms with Gasteiger partial charge in [-0.15, -0.1) is 5.10 Å². The maximum Gasteiger partial charge on any atom is 0.343 e. The van der Waals surface area contributed by atoms with Gasteiger partial charge < -0.3 is 4.74 Å². The maximum atomic E-state index is 13.1. The van der Waals surface area contributed by atoms with Gasteiger partial charge >= 0.3 is 5.97 Å². The van der Waals surface area contributed by atoms with E-state index in [4.69, 9.17) is 4.74 Å². The van der Waals surface area contributed by atoms with Crippen molar-refractivity contribution in [3.63, 3.8) is 0 Å². The number of ether oxygens (including phenoxy) is 1. The van der Waals surface area contributed by atoms with Crippen LogP contribution in [0.2, 0.25) is 0 Å². The molecule has 0 spiro atoms. The molecule has 2 heterocycles. The molecule has 2 atom stereocenters. The first kappa shape index (κ1) is 21.1. The van der Waals surface area contributed by atoms with Crippen LogP contribution in [0.3, 0.4) is 0 Å². The van der Waals surface area contributed by atoms with E-state index in [0.717, 1.165) is 6.42 Å². The molecule has 0 N–H and O–H groups in total. The number of tetrazole rings is 1. The van der Waals surface area contributed by atoms with Gasteiger partial charge in [0.05, 0.1) is 16.1 Å². The van der Waals surface area contributed by atoms with Crippen LogP contribution < -0.4 is 4.74 Å². The third-order valence-electron chi connectivity index (χ3n) is 5.20. The fraction of sp³-hybridized carbons (Fsp3) is 0.333. The minimum atomic E-state index is -3.68. The molecular weight excluding hydrogens is 418 g/mol. The number of piperidine rings is 1. The molecule has 162 valence electrons. The molecule has 0 radical (unpaired) electrons. The van der Waals surface area contributed by atoms with Crippen LogP contribution in [-0.2, 0) is 10.0 Å². The molecule has 31 heavy (non-hydrogen) atoms. The number of aromatic nitrogens is 4. The molecule has 1 aliphatic rings. The number of rotatable bonds is 5. The number of carbonyl (C=O) groups is 1. The van der Waals surface area contributed by atoms with E-state index in [1.807, 2.05) is 0 Å². The van der Waals surface area contributed by atoms with Crippen LogP contribution in [0, 0.1) is 11.8 Å². The van der Waals surface area contributed by atoms with E-state index < -0.39 is 16.0 Å². The van der Waals surface area contributed by atoms with Crippen molar-refractivity contribution in [3.8, 4) is 11.4 Å². The Balaban J connectivity index is 1.50. The van der Waals surface area contributed by atoms with E-state index in [1.165, 1.54) is 33.5 Å². The van der Waals surface area contributed by atoms with Gasteiger partial charge in [0.2, 0.25) is 10.0 Å². The lowest BCUT2D eigenvalue weighted by Crippen LogP contribution is -2.42. The lowest BCUT2D eigenvalue weighted by Gasteiger charge is -2.34. The summed E-state index contributed by atoms with van der Waals surface area (Å²) in [5, 5.41) is 10.9. The van der Waals surface area contributed by atoms with Crippen LogP contribution >= 0.6 is 0 Å². The number of nitrogens with zero attached hydrogens (tertiary/aromatic N) is 5. The topological polar surface area (TPSA) is 107 Å². The molecule has 1 aliphatic heterocycles. The molecule has 2 unspecified atom stereocenters. The Hall–Kier alpha value is -3.11. The zero-order chi connectivity index (χ0) is 22.0. The second-order valence-electron chi connectivity index (χ2n) is 7.93. The van der Waals surface area contributed by atoms with Crippen molar-refractivity contribution >= 4 is 16.0 Å². The molecule has 0 bridgehead atoms. The Morgan fingerprint density at radius 3 is 2.42 bits per heavy atom. The highest BCUT2D eigenvalue weighted by molar-refractivity contribution is 7.89. The first-order valence-electron chi connectivity index (χ1n) is 9.99. The summed E-state index contributed by atoms with van der Waals surface area (Å²) in [7, 11) is -3.68. The fourth-order valence-corrected chi connectivity index (χ4v) is 5.57. The first-order valence-corrected chi connectivity index (χ1v) is 11.4. The molecule has 1 saturated heterocycles. The number of hydrogen-bond acceptors (Lipinski definition) is 7. The Morgan fingerprint density at radius 1 is 1.06 bits per heavy atom. The Kier molecular flexibility index (Phi) is 5.84. The standard InChI is InChI=1S/C21H23N5O4S/c1-15-10-16(2)13-25(12-15)31(28,29)20-5-3-4-17(11-20)21(27)30-19-8-6-18(7-9-19)26-14-22-23-24-26/h3-9,11,14-16H,10,12-13H2,1-2H3. The van der Waals surface area contributed by atoms with Crippen LogP contribution in [0.4, 0.5) is 0 Å². The molecule has 0 saturated carbocycles. The fourth-order valence-electron chi connectivity index (χ4n) is 3.85. The predicted octanol–water partition coefficient (Wildman–Crippen LogP) is 2.55. The van der Waals surface area contributed by atoms with Gasteiger partial charge in [-0.2, -0.15) is 4.31 Å². The van der Waals surface area contributed by atoms with Crippen molar-refractivity contribution in [2.24, 2.45) is 11.8 Å². The Morgan fingerprint density at radius 2 is 1.77 bits per heavy atom. The minimum absolute atomic E-state index is 0.0947. The van der Waals surface area contributed by atoms with Gasteiger partial charge in [-0.05, 0) is 71.1 Å². The quantitative estimate of drug-likeness (QED) is 0.442. The molecule has 1 aromatic heterocycles. The van der Waals surface area contributed by atoms with Gasteiger partial charge in [-0.1, -0.05) is 19.9 Å². The summed E-state index contributed by atoms with van der Waals surface area (Å²) in [5.41, 5.74) is 0.881. The Bertz CT molecular complexity index is 1150. The number of benzene rings is 2. The highest BCUT2D eigenvalue weighted by Crippen LogP contribution is 2.27. The number of carbonyl (C=O) groups excluding carboxylic acids is 1. The van der Waals surface area contributed by atoms with Crippen molar-refractivity contribution in [1.29, 1.82) is 0 Å². The van der Waals surface area contributed by atoms with Crippen molar-refractivity contribution in [2.45, 2.75) is 25.2 Å². The molecule has 1 fully saturated rings. The molecule has 2 aromatic carbocycles. The number of hydrogen-bond donors (Lipinski definition) is 0. The largest absolute Gasteiger partial charge is 0.423 e. The van der Waals surface area contributed by atoms with Gasteiger partial charge in [0, 0.05) is 13.1 Å². The summed E-state index contributed by atoms with van der Waals surface area (Å²) in [6.07, 6.45) is 2.46. The molecule has 3 aromatic rings. The van der Waals surface area contributed by atoms with E-state index >= 15 is 0 Å². The molecule has 0 aliphatic carbocycles. The molecule has 10 heteroatoms. The van der Waals surface area contributed by atoms with Gasteiger partial charge in [0.1, 0.15) is 12.1 Å². The summed E-state index contributed by atoms with van der Waals surface area (Å²) in [6.45, 7) is 5.07. The smallest absolute Gasteiger partial charge is 0.343 e. The Labute approximate surface area is 180 Å². The van der Waals surface area contributed by atoms with Crippen LogP contribution in [-0.4, -0.2) is 52.0 Å². The number of sulfonamides is 1. The molecule has 9 nitrogen and oxygen atoms in total. The van der Waals surface area contributed by atoms with Crippen molar-refractivity contribution in [1.82, 2.24) is 24.5 Å². The normalized spacial score (nSPS) is 19.8. The van der Waals surface area contributed by atoms with Crippen molar-refractivity contribution in [3.05, 3.63) is 60.4 Å². The van der Waals surface area contributed by atoms with Gasteiger partial charge in [-0.25, -0.2) is 17.9 Å². The van der Waals surface area contributed by atoms with E-state index in [2.05, 4.69) is 29.4 Å². The summed E-state index contributed by atoms with van der Waals surface area (Å²) >= 11 is 0. The van der Waals surface area contributed by atoms with Crippen LogP contribution in [0.25, 0.3) is 5.69 Å². The van der Waals surface area contributed by atoms with E-state index in [0.29, 0.717) is 36.4 Å². The van der Waals surface area contributed by atoms with Crippen molar-refractivity contribution in [2.75, 3.05) is 13.1 Å². The zero-order valence-corrected chi connectivity index (χ0v) is 18.1. The van der Waals surface area contributed by atoms with Gasteiger partial charge in [0.25, 0.3) is 0 Å². The van der Waals surface area contributed by atoms with Crippen LogP contribution in [0.5, 0.6) is 5.75 Å². The second-order valence-corrected chi connectivity index (χ2v) is 9.87. The third-order valence-corrected chi connectivity index (χ3v) is 7.03. The summed E-state index contributed by atoms with van der Waals surface area (Å²) < 4.78 is 34.6. The van der Waals surface area contributed by atoms with E-state index in [1.54, 1.807) is 30.3 Å². The highest BCUT2D eigenvalue weighted by atomic mass is 32.2. The lowest BCUT2D eigenvalue weighted by molar-refractivity contribution is 0.0734. The second kappa shape index (κ2) is 8.56. The zero-order valence-electron chi connectivity index (χ0n) is 17.2. The van der Waals surface area contributed by atoms with E-state index in [-0.39, 0.29) is 10.5 Å². The molecular formula is C21H23N5O4S. The van der Waals surface area contributed by atoms with Gasteiger partial charge in [-0.3, -0.25) is 0 Å². The van der Waals surface area contributed by atoms with E-state index in [9.17, 15) is 13.2 Å². The van der Waals surface area contributed by atoms with Gasteiger partial charge in [0.15, 0.2) is 0 Å². The average Bonchev–Trinajstić information content (AvgIpc) is 3.28. The highest BCUT2D eigenvalue weighted by Gasteiger charge is 2.32. The third kappa shape index (κ3) is 4.64. The first-order chi connectivity index (χ1) is 14.8. The summed E-state index contributed by atoms with van der Waals surface area (Å²) in [4.78, 5) is 12.7. The average molecular weight is 442 g/mol. The van der Waals surface area contributed by atoms with Crippen molar-refractivity contribution < 1.29 is 17.9 Å². The number of esters is 1.